The highest BCUT2D eigenvalue weighted by Gasteiger charge is 2.28. The Kier molecular flexibility index (Phi) is 58.7. The van der Waals surface area contributed by atoms with Gasteiger partial charge in [-0.25, -0.2) is 4.57 Å². The van der Waals surface area contributed by atoms with Crippen LogP contribution in [0.3, 0.4) is 0 Å². The molecule has 0 aromatic rings. The van der Waals surface area contributed by atoms with Crippen LogP contribution in [0.2, 0.25) is 0 Å². The number of allylic oxidation sites excluding steroid dienone is 16. The van der Waals surface area contributed by atoms with E-state index in [1.165, 1.54) is 89.9 Å². The maximum absolute atomic E-state index is 13.0. The molecule has 0 aliphatic rings. The summed E-state index contributed by atoms with van der Waals surface area (Å²) in [7, 11) is -4.77. The molecule has 12 heteroatoms. The van der Waals surface area contributed by atoms with Crippen molar-refractivity contribution in [3.63, 3.8) is 0 Å². The number of rotatable bonds is 59. The normalized spacial score (nSPS) is 13.9. The molecule has 0 heterocycles. The zero-order valence-electron chi connectivity index (χ0n) is 51.0. The second kappa shape index (κ2) is 61.5. The number of aliphatic hydroxyl groups excluding tert-OH is 1. The first-order valence-corrected chi connectivity index (χ1v) is 33.6. The Morgan fingerprint density at radius 1 is 0.362 bits per heavy atom. The minimum atomic E-state index is -4.77. The number of esters is 3. The van der Waals surface area contributed by atoms with E-state index >= 15 is 0 Å². The molecule has 0 aliphatic carbocycles. The molecule has 0 aliphatic heterocycles. The van der Waals surface area contributed by atoms with Crippen LogP contribution >= 0.6 is 7.82 Å². The lowest BCUT2D eigenvalue weighted by Gasteiger charge is -2.21. The third-order valence-electron chi connectivity index (χ3n) is 13.5. The SMILES string of the molecule is CC/C=C\C/C=C\C/C=C\C/C=C\CCCCCCC(=O)OCC(COP(=O)(O)OCC(CO)OC(=O)CCCCCCCCC/C=C\CCCCCCCC)OC(=O)CCCCCCCC/C=C\C/C=C\C/C=C\CCCCC. The van der Waals surface area contributed by atoms with E-state index in [9.17, 15) is 28.9 Å². The number of phosphoric ester groups is 1. The van der Waals surface area contributed by atoms with Crippen molar-refractivity contribution in [3.8, 4) is 0 Å². The second-order valence-corrected chi connectivity index (χ2v) is 22.6. The molecule has 3 unspecified atom stereocenters. The van der Waals surface area contributed by atoms with Gasteiger partial charge in [-0.15, -0.1) is 0 Å². The lowest BCUT2D eigenvalue weighted by atomic mass is 10.1. The predicted octanol–water partition coefficient (Wildman–Crippen LogP) is 19.6. The molecule has 0 saturated heterocycles. The van der Waals surface area contributed by atoms with Gasteiger partial charge in [0.15, 0.2) is 6.10 Å². The number of hydrogen-bond donors (Lipinski definition) is 2. The van der Waals surface area contributed by atoms with E-state index in [1.54, 1.807) is 0 Å². The van der Waals surface area contributed by atoms with Gasteiger partial charge in [0, 0.05) is 19.3 Å². The van der Waals surface area contributed by atoms with Gasteiger partial charge in [0.2, 0.25) is 0 Å². The van der Waals surface area contributed by atoms with Gasteiger partial charge in [-0.2, -0.15) is 0 Å². The Morgan fingerprint density at radius 3 is 1.04 bits per heavy atom. The highest BCUT2D eigenvalue weighted by molar-refractivity contribution is 7.47. The van der Waals surface area contributed by atoms with Crippen molar-refractivity contribution in [2.24, 2.45) is 0 Å². The smallest absolute Gasteiger partial charge is 0.462 e. The number of hydrogen-bond acceptors (Lipinski definition) is 10. The minimum absolute atomic E-state index is 0.143. The molecule has 0 amide bonds. The summed E-state index contributed by atoms with van der Waals surface area (Å²) in [4.78, 5) is 48.8. The van der Waals surface area contributed by atoms with Gasteiger partial charge in [-0.3, -0.25) is 23.4 Å². The molecular weight excluding hydrogens is 1020 g/mol. The van der Waals surface area contributed by atoms with Crippen LogP contribution in [-0.2, 0) is 42.2 Å². The fraction of sp³-hybridized carbons (Fsp3) is 0.721. The van der Waals surface area contributed by atoms with Crippen molar-refractivity contribution in [2.75, 3.05) is 26.4 Å². The van der Waals surface area contributed by atoms with Crippen molar-refractivity contribution >= 4 is 25.7 Å². The van der Waals surface area contributed by atoms with Crippen molar-refractivity contribution in [2.45, 2.75) is 290 Å². The number of unbranched alkanes of at least 4 members (excludes halogenated alkanes) is 26. The first-order chi connectivity index (χ1) is 39.2. The number of ether oxygens (including phenoxy) is 3. The average Bonchev–Trinajstić information content (AvgIpc) is 3.45. The summed E-state index contributed by atoms with van der Waals surface area (Å²) < 4.78 is 39.7. The summed E-state index contributed by atoms with van der Waals surface area (Å²) in [6, 6.07) is 0. The predicted molar refractivity (Wildman–Crippen MR) is 334 cm³/mol. The van der Waals surface area contributed by atoms with Crippen molar-refractivity contribution in [3.05, 3.63) is 97.2 Å². The van der Waals surface area contributed by atoms with Crippen LogP contribution in [-0.4, -0.2) is 66.5 Å². The van der Waals surface area contributed by atoms with E-state index in [0.29, 0.717) is 19.3 Å². The van der Waals surface area contributed by atoms with Crippen molar-refractivity contribution < 1.29 is 52.2 Å². The van der Waals surface area contributed by atoms with E-state index in [0.717, 1.165) is 128 Å². The van der Waals surface area contributed by atoms with Gasteiger partial charge >= 0.3 is 25.7 Å². The highest BCUT2D eigenvalue weighted by Crippen LogP contribution is 2.43. The summed E-state index contributed by atoms with van der Waals surface area (Å²) in [6.45, 7) is 4.48. The van der Waals surface area contributed by atoms with Crippen molar-refractivity contribution in [1.82, 2.24) is 0 Å². The fourth-order valence-corrected chi connectivity index (χ4v) is 9.37. The first kappa shape index (κ1) is 76.4. The average molecular weight is 1140 g/mol. The third-order valence-corrected chi connectivity index (χ3v) is 14.4. The maximum Gasteiger partial charge on any atom is 0.472 e. The lowest BCUT2D eigenvalue weighted by molar-refractivity contribution is -0.161. The van der Waals surface area contributed by atoms with Gasteiger partial charge in [0.05, 0.1) is 19.8 Å². The summed E-state index contributed by atoms with van der Waals surface area (Å²) in [6.07, 6.45) is 73.5. The molecule has 0 radical (unpaired) electrons. The summed E-state index contributed by atoms with van der Waals surface area (Å²) in [5.74, 6) is -1.51. The monoisotopic (exact) mass is 1140 g/mol. The Labute approximate surface area is 489 Å². The molecule has 0 fully saturated rings. The highest BCUT2D eigenvalue weighted by atomic mass is 31.2. The molecular formula is C68H117O11P. The Bertz CT molecular complexity index is 1710. The zero-order valence-corrected chi connectivity index (χ0v) is 51.9. The molecule has 460 valence electrons. The molecule has 2 N–H and O–H groups in total. The van der Waals surface area contributed by atoms with Crippen LogP contribution in [0.15, 0.2) is 97.2 Å². The van der Waals surface area contributed by atoms with Crippen LogP contribution in [0, 0.1) is 0 Å². The van der Waals surface area contributed by atoms with Gasteiger partial charge in [-0.1, -0.05) is 234 Å². The third kappa shape index (κ3) is 59.0. The maximum atomic E-state index is 13.0. The van der Waals surface area contributed by atoms with E-state index in [4.69, 9.17) is 23.3 Å². The van der Waals surface area contributed by atoms with E-state index < -0.39 is 57.8 Å². The van der Waals surface area contributed by atoms with Crippen LogP contribution < -0.4 is 0 Å². The van der Waals surface area contributed by atoms with E-state index in [2.05, 4.69) is 118 Å². The fourth-order valence-electron chi connectivity index (χ4n) is 8.58. The Balaban J connectivity index is 4.76. The van der Waals surface area contributed by atoms with Gasteiger partial charge in [-0.05, 0) is 122 Å². The molecule has 80 heavy (non-hydrogen) atoms. The van der Waals surface area contributed by atoms with Gasteiger partial charge in [0.1, 0.15) is 12.7 Å². The number of aliphatic hydroxyl groups is 1. The largest absolute Gasteiger partial charge is 0.472 e. The van der Waals surface area contributed by atoms with E-state index in [1.807, 2.05) is 0 Å². The first-order valence-electron chi connectivity index (χ1n) is 32.1. The molecule has 0 aromatic carbocycles. The van der Waals surface area contributed by atoms with Crippen LogP contribution in [0.5, 0.6) is 0 Å². The summed E-state index contributed by atoms with van der Waals surface area (Å²) >= 11 is 0. The zero-order chi connectivity index (χ0) is 58.3. The molecule has 11 nitrogen and oxygen atoms in total. The quantitative estimate of drug-likeness (QED) is 0.0197. The number of carbonyl (C=O) groups is 3. The molecule has 0 spiro atoms. The standard InChI is InChI=1S/C68H117O11P/c1-4-7-10-13-16-19-22-25-28-31-32-35-38-41-44-47-50-53-56-59-68(72)79-65(61-75-66(70)57-54-51-48-45-42-39-36-33-29-26-23-20-17-14-11-8-5-2)63-77-80(73,74)76-62-64(60-69)78-67(71)58-55-52-49-46-43-40-37-34-30-27-24-21-18-15-12-9-6-3/h8,11,16-17,19-20,25-30,32,35-36,39,64-65,69H,4-7,9-10,12-15,18,21-24,31,33-34,37-38,40-63H2,1-3H3,(H,73,74)/b11-8-,19-16-,20-17-,28-25-,29-26-,30-27-,35-32-,39-36-. The molecule has 0 bridgehead atoms. The second-order valence-electron chi connectivity index (χ2n) is 21.2. The lowest BCUT2D eigenvalue weighted by Crippen LogP contribution is -2.30. The Morgan fingerprint density at radius 2 is 0.650 bits per heavy atom. The summed E-state index contributed by atoms with van der Waals surface area (Å²) in [5.41, 5.74) is 0. The van der Waals surface area contributed by atoms with Crippen molar-refractivity contribution in [1.29, 1.82) is 0 Å². The minimum Gasteiger partial charge on any atom is -0.462 e. The molecule has 0 saturated carbocycles. The number of phosphoric acid groups is 1. The molecule has 0 rings (SSSR count). The molecule has 0 aromatic heterocycles. The topological polar surface area (TPSA) is 155 Å². The Hall–Kier alpha value is -3.60. The van der Waals surface area contributed by atoms with Crippen LogP contribution in [0.1, 0.15) is 278 Å². The summed E-state index contributed by atoms with van der Waals surface area (Å²) in [5, 5.41) is 9.86. The van der Waals surface area contributed by atoms with Gasteiger partial charge in [0.25, 0.3) is 0 Å². The molecule has 3 atom stereocenters. The number of carbonyl (C=O) groups excluding carboxylic acids is 3. The van der Waals surface area contributed by atoms with E-state index in [-0.39, 0.29) is 25.9 Å². The van der Waals surface area contributed by atoms with Crippen LogP contribution in [0.25, 0.3) is 0 Å². The van der Waals surface area contributed by atoms with Crippen LogP contribution in [0.4, 0.5) is 0 Å². The van der Waals surface area contributed by atoms with Gasteiger partial charge < -0.3 is 24.2 Å².